The molecule has 0 saturated heterocycles. The molecule has 4 nitrogen and oxygen atoms in total. The number of esters is 1. The lowest BCUT2D eigenvalue weighted by molar-refractivity contribution is 0.0722. The Labute approximate surface area is 161 Å². The van der Waals surface area contributed by atoms with Crippen molar-refractivity contribution in [3.05, 3.63) is 102 Å². The van der Waals surface area contributed by atoms with Gasteiger partial charge in [-0.05, 0) is 42.8 Å². The Balaban J connectivity index is 1.76. The van der Waals surface area contributed by atoms with E-state index in [0.29, 0.717) is 16.9 Å². The van der Waals surface area contributed by atoms with Gasteiger partial charge < -0.3 is 4.74 Å². The fourth-order valence-corrected chi connectivity index (χ4v) is 2.91. The lowest BCUT2D eigenvalue weighted by atomic mass is 10.1. The fraction of sp³-hybridized carbons (Fsp3) is 0.0435. The third kappa shape index (κ3) is 3.55. The van der Waals surface area contributed by atoms with Gasteiger partial charge in [-0.3, -0.25) is 0 Å². The number of carbonyl (C=O) groups excluding carboxylic acids is 1. The van der Waals surface area contributed by atoms with Gasteiger partial charge in [0.1, 0.15) is 5.82 Å². The average Bonchev–Trinajstić information content (AvgIpc) is 3.13. The van der Waals surface area contributed by atoms with Crippen molar-refractivity contribution in [2.24, 2.45) is 0 Å². The molecule has 0 bridgehead atoms. The van der Waals surface area contributed by atoms with Gasteiger partial charge in [-0.25, -0.2) is 13.9 Å². The Bertz CT molecular complexity index is 1120. The van der Waals surface area contributed by atoms with Gasteiger partial charge in [-0.2, -0.15) is 5.10 Å². The number of nitrogens with zero attached hydrogens (tertiary/aromatic N) is 2. The highest BCUT2D eigenvalue weighted by Gasteiger charge is 2.18. The molecule has 4 aromatic rings. The van der Waals surface area contributed by atoms with E-state index >= 15 is 0 Å². The Morgan fingerprint density at radius 2 is 1.61 bits per heavy atom. The quantitative estimate of drug-likeness (QED) is 0.462. The van der Waals surface area contributed by atoms with E-state index in [1.165, 1.54) is 16.8 Å². The number of ether oxygens (including phenoxy) is 1. The SMILES string of the molecule is Cc1ccccc1C(=O)Oc1cc(-c2ccccc2)nn1-c1ccc(F)cc1. The first-order chi connectivity index (χ1) is 13.6. The second-order valence-electron chi connectivity index (χ2n) is 6.33. The van der Waals surface area contributed by atoms with Gasteiger partial charge >= 0.3 is 5.97 Å². The molecule has 138 valence electrons. The zero-order valence-electron chi connectivity index (χ0n) is 15.2. The van der Waals surface area contributed by atoms with Crippen molar-refractivity contribution < 1.29 is 13.9 Å². The third-order valence-electron chi connectivity index (χ3n) is 4.38. The highest BCUT2D eigenvalue weighted by atomic mass is 19.1. The maximum Gasteiger partial charge on any atom is 0.345 e. The molecule has 0 radical (unpaired) electrons. The standard InChI is InChI=1S/C23H17FN2O2/c1-16-7-5-6-10-20(16)23(27)28-22-15-21(17-8-3-2-4-9-17)25-26(22)19-13-11-18(24)12-14-19/h2-15H,1H3. The Morgan fingerprint density at radius 3 is 2.32 bits per heavy atom. The molecule has 0 atom stereocenters. The van der Waals surface area contributed by atoms with Crippen LogP contribution in [0.25, 0.3) is 16.9 Å². The van der Waals surface area contributed by atoms with E-state index in [1.807, 2.05) is 49.4 Å². The number of hydrogen-bond acceptors (Lipinski definition) is 3. The fourth-order valence-electron chi connectivity index (χ4n) is 2.91. The predicted molar refractivity (Wildman–Crippen MR) is 105 cm³/mol. The van der Waals surface area contributed by atoms with Crippen LogP contribution in [0.1, 0.15) is 15.9 Å². The molecule has 4 rings (SSSR count). The number of benzene rings is 3. The summed E-state index contributed by atoms with van der Waals surface area (Å²) in [5, 5.41) is 4.57. The van der Waals surface area contributed by atoms with Crippen LogP contribution in [-0.4, -0.2) is 15.7 Å². The highest BCUT2D eigenvalue weighted by molar-refractivity contribution is 5.92. The van der Waals surface area contributed by atoms with Crippen molar-refractivity contribution in [1.82, 2.24) is 9.78 Å². The van der Waals surface area contributed by atoms with E-state index in [9.17, 15) is 9.18 Å². The van der Waals surface area contributed by atoms with Crippen molar-refractivity contribution >= 4 is 5.97 Å². The molecule has 0 aliphatic heterocycles. The summed E-state index contributed by atoms with van der Waals surface area (Å²) >= 11 is 0. The zero-order valence-corrected chi connectivity index (χ0v) is 15.2. The number of hydrogen-bond donors (Lipinski definition) is 0. The van der Waals surface area contributed by atoms with Crippen LogP contribution in [0.3, 0.4) is 0 Å². The van der Waals surface area contributed by atoms with E-state index < -0.39 is 5.97 Å². The molecule has 0 amide bonds. The van der Waals surface area contributed by atoms with Crippen molar-refractivity contribution in [1.29, 1.82) is 0 Å². The lowest BCUT2D eigenvalue weighted by Gasteiger charge is -2.09. The summed E-state index contributed by atoms with van der Waals surface area (Å²) < 4.78 is 20.5. The number of aromatic nitrogens is 2. The molecule has 1 aromatic heterocycles. The molecule has 0 aliphatic carbocycles. The highest BCUT2D eigenvalue weighted by Crippen LogP contribution is 2.27. The number of rotatable bonds is 4. The normalized spacial score (nSPS) is 10.6. The average molecular weight is 372 g/mol. The van der Waals surface area contributed by atoms with Crippen LogP contribution in [0.4, 0.5) is 4.39 Å². The molecular formula is C23H17FN2O2. The van der Waals surface area contributed by atoms with Gasteiger partial charge in [0, 0.05) is 11.6 Å². The molecule has 0 aliphatic rings. The van der Waals surface area contributed by atoms with Gasteiger partial charge in [0.15, 0.2) is 0 Å². The number of carbonyl (C=O) groups is 1. The van der Waals surface area contributed by atoms with Crippen LogP contribution >= 0.6 is 0 Å². The second kappa shape index (κ2) is 7.48. The van der Waals surface area contributed by atoms with Crippen molar-refractivity contribution in [2.75, 3.05) is 0 Å². The Kier molecular flexibility index (Phi) is 4.72. The van der Waals surface area contributed by atoms with Crippen LogP contribution in [0.2, 0.25) is 0 Å². The van der Waals surface area contributed by atoms with Crippen LogP contribution in [-0.2, 0) is 0 Å². The minimum absolute atomic E-state index is 0.263. The van der Waals surface area contributed by atoms with Gasteiger partial charge in [-0.1, -0.05) is 48.5 Å². The molecule has 0 fully saturated rings. The van der Waals surface area contributed by atoms with Gasteiger partial charge in [0.2, 0.25) is 5.88 Å². The zero-order chi connectivity index (χ0) is 19.5. The minimum Gasteiger partial charge on any atom is -0.404 e. The molecule has 5 heteroatoms. The van der Waals surface area contributed by atoms with E-state index in [4.69, 9.17) is 4.74 Å². The van der Waals surface area contributed by atoms with Crippen LogP contribution in [0, 0.1) is 12.7 Å². The topological polar surface area (TPSA) is 44.1 Å². The number of aryl methyl sites for hydroxylation is 1. The molecule has 0 N–H and O–H groups in total. The Hall–Kier alpha value is -3.73. The van der Waals surface area contributed by atoms with Gasteiger partial charge in [0.25, 0.3) is 0 Å². The maximum absolute atomic E-state index is 13.3. The van der Waals surface area contributed by atoms with Crippen molar-refractivity contribution in [3.63, 3.8) is 0 Å². The summed E-state index contributed by atoms with van der Waals surface area (Å²) in [5.74, 6) is -0.558. The second-order valence-corrected chi connectivity index (χ2v) is 6.33. The first kappa shape index (κ1) is 17.7. The van der Waals surface area contributed by atoms with Crippen LogP contribution < -0.4 is 4.74 Å². The maximum atomic E-state index is 13.3. The van der Waals surface area contributed by atoms with E-state index in [0.717, 1.165) is 11.1 Å². The summed E-state index contributed by atoms with van der Waals surface area (Å²) in [7, 11) is 0. The molecule has 0 unspecified atom stereocenters. The molecule has 1 heterocycles. The summed E-state index contributed by atoms with van der Waals surface area (Å²) in [5.41, 5.74) is 3.43. The summed E-state index contributed by atoms with van der Waals surface area (Å²) in [6.07, 6.45) is 0. The monoisotopic (exact) mass is 372 g/mol. The summed E-state index contributed by atoms with van der Waals surface area (Å²) in [4.78, 5) is 12.7. The molecule has 3 aromatic carbocycles. The van der Waals surface area contributed by atoms with E-state index in [2.05, 4.69) is 5.10 Å². The Morgan fingerprint density at radius 1 is 0.929 bits per heavy atom. The number of halogens is 1. The summed E-state index contributed by atoms with van der Waals surface area (Å²) in [6, 6.07) is 24.3. The van der Waals surface area contributed by atoms with Crippen LogP contribution in [0.5, 0.6) is 5.88 Å². The first-order valence-corrected chi connectivity index (χ1v) is 8.81. The molecular weight excluding hydrogens is 355 g/mol. The van der Waals surface area contributed by atoms with Crippen molar-refractivity contribution in [2.45, 2.75) is 6.92 Å². The molecule has 28 heavy (non-hydrogen) atoms. The van der Waals surface area contributed by atoms with Crippen molar-refractivity contribution in [3.8, 4) is 22.8 Å². The lowest BCUT2D eigenvalue weighted by Crippen LogP contribution is -2.13. The smallest absolute Gasteiger partial charge is 0.345 e. The first-order valence-electron chi connectivity index (χ1n) is 8.81. The van der Waals surface area contributed by atoms with Gasteiger partial charge in [-0.15, -0.1) is 0 Å². The largest absolute Gasteiger partial charge is 0.404 e. The van der Waals surface area contributed by atoms with Gasteiger partial charge in [0.05, 0.1) is 16.9 Å². The predicted octanol–water partition coefficient (Wildman–Crippen LogP) is 5.21. The molecule has 0 spiro atoms. The van der Waals surface area contributed by atoms with E-state index in [-0.39, 0.29) is 11.7 Å². The van der Waals surface area contributed by atoms with Crippen LogP contribution in [0.15, 0.2) is 84.9 Å². The molecule has 0 saturated carbocycles. The summed E-state index contributed by atoms with van der Waals surface area (Å²) in [6.45, 7) is 1.85. The van der Waals surface area contributed by atoms with E-state index in [1.54, 1.807) is 30.3 Å². The minimum atomic E-state index is -0.471. The third-order valence-corrected chi connectivity index (χ3v) is 4.38.